The lowest BCUT2D eigenvalue weighted by atomic mass is 10.1. The first-order valence-corrected chi connectivity index (χ1v) is 12.0. The van der Waals surface area contributed by atoms with Gasteiger partial charge in [0.2, 0.25) is 0 Å². The summed E-state index contributed by atoms with van der Waals surface area (Å²) in [6.07, 6.45) is 3.69. The number of nitrogens with one attached hydrogen (secondary N) is 1. The van der Waals surface area contributed by atoms with Gasteiger partial charge >= 0.3 is 0 Å². The minimum absolute atomic E-state index is 0.125. The largest absolute Gasteiger partial charge is 0.457 e. The second-order valence-corrected chi connectivity index (χ2v) is 9.71. The molecule has 0 aliphatic heterocycles. The van der Waals surface area contributed by atoms with Crippen molar-refractivity contribution in [2.24, 2.45) is 0 Å². The first kappa shape index (κ1) is 24.1. The number of carbonyl (C=O) groups excluding carboxylic acids is 1. The van der Waals surface area contributed by atoms with Crippen LogP contribution in [-0.4, -0.2) is 10.9 Å². The van der Waals surface area contributed by atoms with Crippen LogP contribution in [0.25, 0.3) is 17.4 Å². The Balaban J connectivity index is 1.46. The number of thiazole rings is 1. The highest BCUT2D eigenvalue weighted by molar-refractivity contribution is 7.15. The molecule has 2 heterocycles. The average Bonchev–Trinajstić information content (AvgIpc) is 3.45. The van der Waals surface area contributed by atoms with Crippen LogP contribution in [0.3, 0.4) is 0 Å². The Bertz CT molecular complexity index is 1450. The first-order chi connectivity index (χ1) is 16.3. The van der Waals surface area contributed by atoms with E-state index in [4.69, 9.17) is 39.2 Å². The van der Waals surface area contributed by atoms with Crippen LogP contribution in [0.4, 0.5) is 5.13 Å². The van der Waals surface area contributed by atoms with E-state index < -0.39 is 5.91 Å². The number of nitrogens with zero attached hydrogens (tertiary/aromatic N) is 2. The number of nitriles is 1. The van der Waals surface area contributed by atoms with Crippen LogP contribution in [0.2, 0.25) is 15.1 Å². The molecule has 9 heteroatoms. The molecule has 0 saturated heterocycles. The molecule has 0 aliphatic carbocycles. The summed E-state index contributed by atoms with van der Waals surface area (Å²) in [7, 11) is 0. The normalized spacial score (nSPS) is 11.3. The van der Waals surface area contributed by atoms with Gasteiger partial charge in [-0.3, -0.25) is 10.1 Å². The summed E-state index contributed by atoms with van der Waals surface area (Å²) in [6.45, 7) is 1.95. The second kappa shape index (κ2) is 10.5. The maximum absolute atomic E-state index is 12.6. The fourth-order valence-corrected chi connectivity index (χ4v) is 4.54. The highest BCUT2D eigenvalue weighted by Crippen LogP contribution is 2.32. The molecule has 0 bridgehead atoms. The van der Waals surface area contributed by atoms with E-state index >= 15 is 0 Å². The zero-order valence-corrected chi connectivity index (χ0v) is 20.8. The highest BCUT2D eigenvalue weighted by Gasteiger charge is 2.15. The maximum Gasteiger partial charge on any atom is 0.268 e. The van der Waals surface area contributed by atoms with Gasteiger partial charge in [0.25, 0.3) is 5.91 Å². The van der Waals surface area contributed by atoms with Crippen molar-refractivity contribution in [3.63, 3.8) is 0 Å². The zero-order chi connectivity index (χ0) is 24.2. The third-order valence-corrected chi connectivity index (χ3v) is 6.75. The molecule has 0 atom stereocenters. The topological polar surface area (TPSA) is 78.9 Å². The van der Waals surface area contributed by atoms with Crippen molar-refractivity contribution in [2.45, 2.75) is 13.3 Å². The summed E-state index contributed by atoms with van der Waals surface area (Å²) < 4.78 is 5.75. The van der Waals surface area contributed by atoms with Gasteiger partial charge in [0.05, 0.1) is 5.02 Å². The van der Waals surface area contributed by atoms with E-state index in [0.717, 1.165) is 16.0 Å². The van der Waals surface area contributed by atoms with Gasteiger partial charge in [0.15, 0.2) is 5.13 Å². The molecule has 0 aliphatic rings. The van der Waals surface area contributed by atoms with Gasteiger partial charge in [-0.15, -0.1) is 11.3 Å². The number of aromatic nitrogens is 1. The molecule has 2 aromatic heterocycles. The molecule has 170 valence electrons. The number of rotatable bonds is 6. The van der Waals surface area contributed by atoms with Crippen molar-refractivity contribution in [1.29, 1.82) is 5.26 Å². The predicted octanol–water partition coefficient (Wildman–Crippen LogP) is 7.81. The highest BCUT2D eigenvalue weighted by atomic mass is 35.5. The fraction of sp³-hybridized carbons (Fsp3) is 0.0800. The van der Waals surface area contributed by atoms with Gasteiger partial charge in [-0.05, 0) is 54.4 Å². The monoisotopic (exact) mass is 527 g/mol. The number of benzene rings is 2. The van der Waals surface area contributed by atoms with Crippen molar-refractivity contribution in [3.8, 4) is 17.4 Å². The van der Waals surface area contributed by atoms with E-state index in [2.05, 4.69) is 10.3 Å². The van der Waals surface area contributed by atoms with Crippen LogP contribution in [0.1, 0.15) is 21.8 Å². The van der Waals surface area contributed by atoms with Gasteiger partial charge in [0.1, 0.15) is 23.2 Å². The Hall–Kier alpha value is -3.08. The Morgan fingerprint density at radius 3 is 2.74 bits per heavy atom. The lowest BCUT2D eigenvalue weighted by molar-refractivity contribution is -0.112. The van der Waals surface area contributed by atoms with Crippen LogP contribution >= 0.6 is 46.1 Å². The Labute approximate surface area is 215 Å². The van der Waals surface area contributed by atoms with E-state index in [0.29, 0.717) is 43.7 Å². The Morgan fingerprint density at radius 1 is 1.15 bits per heavy atom. The molecule has 0 unspecified atom stereocenters. The van der Waals surface area contributed by atoms with Crippen molar-refractivity contribution in [1.82, 2.24) is 4.98 Å². The molecule has 5 nitrogen and oxygen atoms in total. The number of halogens is 3. The Morgan fingerprint density at radius 2 is 1.97 bits per heavy atom. The van der Waals surface area contributed by atoms with Crippen LogP contribution in [-0.2, 0) is 11.2 Å². The van der Waals surface area contributed by atoms with Gasteiger partial charge in [-0.25, -0.2) is 4.98 Å². The summed E-state index contributed by atoms with van der Waals surface area (Å²) in [4.78, 5) is 17.8. The summed E-state index contributed by atoms with van der Waals surface area (Å²) in [5, 5.41) is 14.3. The summed E-state index contributed by atoms with van der Waals surface area (Å²) >= 11 is 19.8. The average molecular weight is 529 g/mol. The molecule has 4 aromatic rings. The van der Waals surface area contributed by atoms with E-state index in [1.165, 1.54) is 17.4 Å². The van der Waals surface area contributed by atoms with Crippen molar-refractivity contribution in [2.75, 3.05) is 5.32 Å². The summed E-state index contributed by atoms with van der Waals surface area (Å²) in [5.74, 6) is 0.214. The van der Waals surface area contributed by atoms with E-state index in [1.807, 2.05) is 31.2 Å². The standard InChI is InChI=1S/C25H16Cl3N3O2S/c1-14-2-3-15(9-22(14)28)8-19-13-30-25(34-19)31-24(32)16(12-29)10-18-5-7-23(33-18)20-11-17(26)4-6-21(20)27/h2-7,9-11,13H,8H2,1H3,(H,30,31,32)/b16-10+. The minimum atomic E-state index is -0.583. The SMILES string of the molecule is Cc1ccc(Cc2cnc(NC(=O)/C(C#N)=C/c3ccc(-c4cc(Cl)ccc4Cl)o3)s2)cc1Cl. The molecule has 1 amide bonds. The molecule has 1 N–H and O–H groups in total. The number of hydrogen-bond acceptors (Lipinski definition) is 5. The smallest absolute Gasteiger partial charge is 0.268 e. The van der Waals surface area contributed by atoms with Gasteiger partial charge in [-0.1, -0.05) is 46.9 Å². The van der Waals surface area contributed by atoms with Crippen LogP contribution < -0.4 is 5.32 Å². The minimum Gasteiger partial charge on any atom is -0.457 e. The lowest BCUT2D eigenvalue weighted by Gasteiger charge is -2.02. The number of aryl methyl sites for hydroxylation is 1. The van der Waals surface area contributed by atoms with Crippen LogP contribution in [0, 0.1) is 18.3 Å². The Kier molecular flexibility index (Phi) is 7.40. The number of amides is 1. The fourth-order valence-electron chi connectivity index (χ4n) is 3.11. The van der Waals surface area contributed by atoms with E-state index in [1.54, 1.807) is 36.5 Å². The molecular formula is C25H16Cl3N3O2S. The molecule has 0 spiro atoms. The third kappa shape index (κ3) is 5.69. The maximum atomic E-state index is 12.6. The van der Waals surface area contributed by atoms with Crippen molar-refractivity contribution < 1.29 is 9.21 Å². The third-order valence-electron chi connectivity index (χ3n) is 4.86. The molecule has 0 saturated carbocycles. The predicted molar refractivity (Wildman–Crippen MR) is 137 cm³/mol. The molecule has 0 radical (unpaired) electrons. The quantitative estimate of drug-likeness (QED) is 0.204. The molecule has 0 fully saturated rings. The number of anilines is 1. The molecule has 2 aromatic carbocycles. The summed E-state index contributed by atoms with van der Waals surface area (Å²) in [5.41, 5.74) is 2.54. The van der Waals surface area contributed by atoms with Gasteiger partial charge in [-0.2, -0.15) is 5.26 Å². The number of hydrogen-bond donors (Lipinski definition) is 1. The van der Waals surface area contributed by atoms with Gasteiger partial charge in [0, 0.05) is 39.2 Å². The van der Waals surface area contributed by atoms with Crippen LogP contribution in [0.5, 0.6) is 0 Å². The number of carbonyl (C=O) groups is 1. The first-order valence-electron chi connectivity index (χ1n) is 10.0. The summed E-state index contributed by atoms with van der Waals surface area (Å²) in [6, 6.07) is 16.1. The molecule has 4 rings (SSSR count). The molecular weight excluding hydrogens is 513 g/mol. The zero-order valence-electron chi connectivity index (χ0n) is 17.7. The molecule has 34 heavy (non-hydrogen) atoms. The van der Waals surface area contributed by atoms with E-state index in [-0.39, 0.29) is 5.57 Å². The lowest BCUT2D eigenvalue weighted by Crippen LogP contribution is -2.13. The van der Waals surface area contributed by atoms with Crippen molar-refractivity contribution >= 4 is 63.3 Å². The number of furan rings is 1. The van der Waals surface area contributed by atoms with E-state index in [9.17, 15) is 10.1 Å². The van der Waals surface area contributed by atoms with Crippen molar-refractivity contribution in [3.05, 3.63) is 97.1 Å². The van der Waals surface area contributed by atoms with Crippen LogP contribution in [0.15, 0.2) is 64.7 Å². The second-order valence-electron chi connectivity index (χ2n) is 7.34. The van der Waals surface area contributed by atoms with Gasteiger partial charge < -0.3 is 4.42 Å².